The van der Waals surface area contributed by atoms with Crippen molar-refractivity contribution in [1.82, 2.24) is 36.2 Å². The molecule has 2 aromatic carbocycles. The lowest BCUT2D eigenvalue weighted by atomic mass is 10.1. The number of anilines is 1. The molecule has 4 aromatic rings. The number of nitrogens with one attached hydrogen (secondary N) is 2. The lowest BCUT2D eigenvalue weighted by Gasteiger charge is -2.09. The van der Waals surface area contributed by atoms with Gasteiger partial charge in [0.1, 0.15) is 0 Å². The molecule has 0 aliphatic carbocycles. The molecule has 0 saturated heterocycles. The fourth-order valence-corrected chi connectivity index (χ4v) is 3.85. The zero-order valence-electron chi connectivity index (χ0n) is 17.8. The molecular weight excluding hydrogens is 440 g/mol. The van der Waals surface area contributed by atoms with E-state index in [2.05, 4.69) is 36.1 Å². The van der Waals surface area contributed by atoms with Crippen molar-refractivity contribution in [2.45, 2.75) is 24.0 Å². The summed E-state index contributed by atoms with van der Waals surface area (Å²) in [6.07, 6.45) is 2.73. The molecule has 0 unspecified atom stereocenters. The number of allylic oxidation sites excluding steroid dienone is 2. The van der Waals surface area contributed by atoms with E-state index in [1.54, 1.807) is 0 Å². The molecule has 11 heteroatoms. The van der Waals surface area contributed by atoms with Gasteiger partial charge in [-0.15, -0.1) is 16.9 Å². The van der Waals surface area contributed by atoms with Gasteiger partial charge in [0.05, 0.1) is 5.69 Å². The summed E-state index contributed by atoms with van der Waals surface area (Å²) in [5.41, 5.74) is 14.0. The topological polar surface area (TPSA) is 137 Å². The molecule has 2 aromatic heterocycles. The molecule has 2 heterocycles. The zero-order valence-corrected chi connectivity index (χ0v) is 18.6. The van der Waals surface area contributed by atoms with Crippen LogP contribution < -0.4 is 16.6 Å². The van der Waals surface area contributed by atoms with Crippen LogP contribution in [0.25, 0.3) is 5.82 Å². The van der Waals surface area contributed by atoms with E-state index in [9.17, 15) is 4.79 Å². The minimum atomic E-state index is -0.438. The summed E-state index contributed by atoms with van der Waals surface area (Å²) in [6, 6.07) is 19.8. The minimum Gasteiger partial charge on any atom is -0.378 e. The van der Waals surface area contributed by atoms with Crippen molar-refractivity contribution in [2.24, 2.45) is 0 Å². The third kappa shape index (κ3) is 5.57. The number of hydrazine groups is 1. The fourth-order valence-electron chi connectivity index (χ4n) is 2.93. The highest BCUT2D eigenvalue weighted by Crippen LogP contribution is 2.25. The van der Waals surface area contributed by atoms with Crippen LogP contribution >= 0.6 is 11.8 Å². The van der Waals surface area contributed by atoms with Crippen LogP contribution in [0.1, 0.15) is 28.7 Å². The lowest BCUT2D eigenvalue weighted by Crippen LogP contribution is -2.36. The number of nitrogen functional groups attached to an aromatic ring is 1. The van der Waals surface area contributed by atoms with Crippen LogP contribution in [0, 0.1) is 0 Å². The predicted molar refractivity (Wildman–Crippen MR) is 124 cm³/mol. The SMILES string of the molecule is C/C(=C/Cc1ccccc1)NNC(=O)c1nnn(-c2nonc2N)c1CSc1ccccc1. The van der Waals surface area contributed by atoms with E-state index in [1.807, 2.05) is 73.7 Å². The van der Waals surface area contributed by atoms with Gasteiger partial charge < -0.3 is 11.2 Å². The molecule has 0 spiro atoms. The first kappa shape index (κ1) is 22.1. The van der Waals surface area contributed by atoms with Gasteiger partial charge in [0.25, 0.3) is 5.91 Å². The third-order valence-electron chi connectivity index (χ3n) is 4.65. The fraction of sp³-hybridized carbons (Fsp3) is 0.136. The van der Waals surface area contributed by atoms with Gasteiger partial charge in [-0.05, 0) is 41.4 Å². The molecule has 168 valence electrons. The van der Waals surface area contributed by atoms with Crippen molar-refractivity contribution in [3.63, 3.8) is 0 Å². The number of hydrogen-bond acceptors (Lipinski definition) is 9. The van der Waals surface area contributed by atoms with Gasteiger partial charge in [0, 0.05) is 16.3 Å². The van der Waals surface area contributed by atoms with E-state index in [4.69, 9.17) is 5.73 Å². The molecular formula is C22H22N8O2S. The molecule has 4 N–H and O–H groups in total. The number of amides is 1. The summed E-state index contributed by atoms with van der Waals surface area (Å²) >= 11 is 1.52. The minimum absolute atomic E-state index is 0.0515. The summed E-state index contributed by atoms with van der Waals surface area (Å²) < 4.78 is 6.06. The first-order valence-electron chi connectivity index (χ1n) is 10.1. The highest BCUT2D eigenvalue weighted by molar-refractivity contribution is 7.98. The first-order valence-corrected chi connectivity index (χ1v) is 11.1. The summed E-state index contributed by atoms with van der Waals surface area (Å²) in [4.78, 5) is 13.9. The number of aromatic nitrogens is 5. The molecule has 1 amide bonds. The zero-order chi connectivity index (χ0) is 23.0. The Balaban J connectivity index is 1.49. The number of carbonyl (C=O) groups excluding carboxylic acids is 1. The van der Waals surface area contributed by atoms with E-state index in [-0.39, 0.29) is 17.3 Å². The van der Waals surface area contributed by atoms with Crippen LogP contribution in [-0.4, -0.2) is 31.2 Å². The van der Waals surface area contributed by atoms with Crippen LogP contribution in [0.3, 0.4) is 0 Å². The second kappa shape index (κ2) is 10.5. The molecule has 10 nitrogen and oxygen atoms in total. The molecule has 0 aliphatic rings. The largest absolute Gasteiger partial charge is 0.378 e. The Morgan fingerprint density at radius 3 is 2.52 bits per heavy atom. The maximum Gasteiger partial charge on any atom is 0.292 e. The second-order valence-electron chi connectivity index (χ2n) is 7.03. The summed E-state index contributed by atoms with van der Waals surface area (Å²) in [5, 5.41) is 15.5. The van der Waals surface area contributed by atoms with Gasteiger partial charge in [-0.1, -0.05) is 59.8 Å². The van der Waals surface area contributed by atoms with Crippen LogP contribution in [0.4, 0.5) is 5.82 Å². The highest BCUT2D eigenvalue weighted by Gasteiger charge is 2.24. The van der Waals surface area contributed by atoms with Crippen LogP contribution in [0.5, 0.6) is 0 Å². The summed E-state index contributed by atoms with van der Waals surface area (Å²) in [6.45, 7) is 1.87. The maximum atomic E-state index is 12.9. The second-order valence-corrected chi connectivity index (χ2v) is 8.08. The van der Waals surface area contributed by atoms with Crippen molar-refractivity contribution in [3.05, 3.63) is 89.4 Å². The molecule has 0 saturated carbocycles. The van der Waals surface area contributed by atoms with Gasteiger partial charge in [0.2, 0.25) is 11.6 Å². The van der Waals surface area contributed by atoms with Crippen molar-refractivity contribution in [2.75, 3.05) is 5.73 Å². The molecule has 4 rings (SSSR count). The lowest BCUT2D eigenvalue weighted by molar-refractivity contribution is 0.0933. The quantitative estimate of drug-likeness (QED) is 0.253. The van der Waals surface area contributed by atoms with Gasteiger partial charge in [0.15, 0.2) is 5.69 Å². The van der Waals surface area contributed by atoms with Gasteiger partial charge in [-0.3, -0.25) is 10.2 Å². The molecule has 0 bridgehead atoms. The summed E-state index contributed by atoms with van der Waals surface area (Å²) in [5.74, 6) is 0.190. The number of benzene rings is 2. The average Bonchev–Trinajstić information content (AvgIpc) is 3.46. The van der Waals surface area contributed by atoms with Gasteiger partial charge in [-0.2, -0.15) is 4.68 Å². The van der Waals surface area contributed by atoms with Crippen molar-refractivity contribution in [1.29, 1.82) is 0 Å². The molecule has 0 atom stereocenters. The molecule has 0 aliphatic heterocycles. The van der Waals surface area contributed by atoms with Crippen molar-refractivity contribution >= 4 is 23.5 Å². The Morgan fingerprint density at radius 1 is 1.09 bits per heavy atom. The Labute approximate surface area is 194 Å². The van der Waals surface area contributed by atoms with Crippen LogP contribution in [0.15, 0.2) is 82.0 Å². The molecule has 33 heavy (non-hydrogen) atoms. The Kier molecular flexibility index (Phi) is 7.00. The average molecular weight is 463 g/mol. The number of thioether (sulfide) groups is 1. The Bertz CT molecular complexity index is 1240. The first-order chi connectivity index (χ1) is 16.1. The highest BCUT2D eigenvalue weighted by atomic mass is 32.2. The van der Waals surface area contributed by atoms with Crippen molar-refractivity contribution in [3.8, 4) is 5.82 Å². The number of nitrogens with zero attached hydrogens (tertiary/aromatic N) is 5. The van der Waals surface area contributed by atoms with Gasteiger partial charge in [-0.25, -0.2) is 4.63 Å². The van der Waals surface area contributed by atoms with E-state index in [1.165, 1.54) is 22.0 Å². The van der Waals surface area contributed by atoms with Crippen LogP contribution in [0.2, 0.25) is 0 Å². The predicted octanol–water partition coefficient (Wildman–Crippen LogP) is 2.91. The smallest absolute Gasteiger partial charge is 0.292 e. The standard InChI is InChI=1S/C22H22N8O2S/c1-15(12-13-16-8-4-2-5-9-16)24-26-22(31)19-18(14-33-17-10-6-3-7-11-17)30(29-25-19)21-20(23)27-32-28-21/h2-12,24H,13-14H2,1H3,(H2,23,27)(H,26,31)/b15-12-. The van der Waals surface area contributed by atoms with Crippen LogP contribution in [-0.2, 0) is 12.2 Å². The Morgan fingerprint density at radius 2 is 1.82 bits per heavy atom. The Hall–Kier alpha value is -4.12. The van der Waals surface area contributed by atoms with E-state index < -0.39 is 5.91 Å². The maximum absolute atomic E-state index is 12.9. The number of hydrogen-bond donors (Lipinski definition) is 3. The normalized spacial score (nSPS) is 11.4. The van der Waals surface area contributed by atoms with E-state index in [0.717, 1.165) is 17.0 Å². The molecule has 0 radical (unpaired) electrons. The van der Waals surface area contributed by atoms with Crippen molar-refractivity contribution < 1.29 is 9.42 Å². The van der Waals surface area contributed by atoms with Gasteiger partial charge >= 0.3 is 0 Å². The molecule has 0 fully saturated rings. The third-order valence-corrected chi connectivity index (χ3v) is 5.68. The number of rotatable bonds is 9. The number of carbonyl (C=O) groups is 1. The van der Waals surface area contributed by atoms with E-state index in [0.29, 0.717) is 11.4 Å². The number of nitrogens with two attached hydrogens (primary N) is 1. The monoisotopic (exact) mass is 462 g/mol. The summed E-state index contributed by atoms with van der Waals surface area (Å²) in [7, 11) is 0. The van der Waals surface area contributed by atoms with E-state index >= 15 is 0 Å².